The third-order valence-corrected chi connectivity index (χ3v) is 8.69. The van der Waals surface area contributed by atoms with Crippen LogP contribution < -0.4 is 17.3 Å². The SMILES string of the molecule is CCCCCCCCCC(CCCC)(CCCC)[NH+](CCCCCCCC)CCCCCCCC.[Cl-]. The van der Waals surface area contributed by atoms with E-state index in [0.29, 0.717) is 5.54 Å². The lowest BCUT2D eigenvalue weighted by Gasteiger charge is -2.42. The van der Waals surface area contributed by atoms with Crippen LogP contribution in [0.15, 0.2) is 0 Å². The van der Waals surface area contributed by atoms with Crippen LogP contribution in [0, 0.1) is 0 Å². The first-order valence-corrected chi connectivity index (χ1v) is 17.1. The van der Waals surface area contributed by atoms with Gasteiger partial charge in [0.25, 0.3) is 0 Å². The fourth-order valence-electron chi connectivity index (χ4n) is 6.25. The molecule has 0 unspecified atom stereocenters. The van der Waals surface area contributed by atoms with Crippen LogP contribution in [0.25, 0.3) is 0 Å². The Morgan fingerprint density at radius 2 is 0.611 bits per heavy atom. The molecule has 220 valence electrons. The zero-order valence-corrected chi connectivity index (χ0v) is 26.9. The van der Waals surface area contributed by atoms with Gasteiger partial charge < -0.3 is 17.3 Å². The van der Waals surface area contributed by atoms with Gasteiger partial charge in [0.15, 0.2) is 0 Å². The van der Waals surface area contributed by atoms with Crippen LogP contribution in [0.3, 0.4) is 0 Å². The van der Waals surface area contributed by atoms with Crippen molar-refractivity contribution in [1.29, 1.82) is 0 Å². The molecule has 0 atom stereocenters. The van der Waals surface area contributed by atoms with E-state index in [4.69, 9.17) is 0 Å². The average molecular weight is 530 g/mol. The number of rotatable bonds is 29. The molecule has 2 heteroatoms. The molecule has 0 bridgehead atoms. The van der Waals surface area contributed by atoms with Gasteiger partial charge in [-0.1, -0.05) is 137 Å². The summed E-state index contributed by atoms with van der Waals surface area (Å²) in [6.07, 6.45) is 37.6. The van der Waals surface area contributed by atoms with Crippen molar-refractivity contribution in [3.63, 3.8) is 0 Å². The molecule has 0 spiro atoms. The summed E-state index contributed by atoms with van der Waals surface area (Å²) in [6.45, 7) is 14.7. The molecule has 1 nitrogen and oxygen atoms in total. The highest BCUT2D eigenvalue weighted by molar-refractivity contribution is 4.80. The number of hydrogen-bond acceptors (Lipinski definition) is 0. The van der Waals surface area contributed by atoms with Crippen LogP contribution in [0.5, 0.6) is 0 Å². The maximum Gasteiger partial charge on any atom is 0.0976 e. The second-order valence-electron chi connectivity index (χ2n) is 12.0. The molecule has 0 heterocycles. The van der Waals surface area contributed by atoms with Crippen LogP contribution in [0.1, 0.15) is 202 Å². The van der Waals surface area contributed by atoms with Crippen molar-refractivity contribution in [1.82, 2.24) is 0 Å². The molecule has 0 fully saturated rings. The fraction of sp³-hybridized carbons (Fsp3) is 1.00. The van der Waals surface area contributed by atoms with Crippen molar-refractivity contribution < 1.29 is 17.3 Å². The molecule has 0 aliphatic heterocycles. The molecular formula is C34H72ClN. The summed E-state index contributed by atoms with van der Waals surface area (Å²) in [5, 5.41) is 0. The topological polar surface area (TPSA) is 4.44 Å². The predicted molar refractivity (Wildman–Crippen MR) is 162 cm³/mol. The molecule has 0 amide bonds. The molecule has 0 rings (SSSR count). The van der Waals surface area contributed by atoms with Crippen molar-refractivity contribution in [3.05, 3.63) is 0 Å². The predicted octanol–water partition coefficient (Wildman–Crippen LogP) is 7.86. The Labute approximate surface area is 237 Å². The second kappa shape index (κ2) is 29.8. The van der Waals surface area contributed by atoms with Gasteiger partial charge in [0, 0.05) is 19.3 Å². The zero-order valence-electron chi connectivity index (χ0n) is 26.2. The highest BCUT2D eigenvalue weighted by Gasteiger charge is 2.38. The molecule has 0 aliphatic carbocycles. The van der Waals surface area contributed by atoms with E-state index in [2.05, 4.69) is 34.6 Å². The molecule has 0 aromatic carbocycles. The molecule has 0 aromatic rings. The van der Waals surface area contributed by atoms with Gasteiger partial charge in [0.2, 0.25) is 0 Å². The molecular weight excluding hydrogens is 458 g/mol. The smallest absolute Gasteiger partial charge is 0.0976 e. The van der Waals surface area contributed by atoms with Gasteiger partial charge in [-0.05, 0) is 44.9 Å². The monoisotopic (exact) mass is 530 g/mol. The van der Waals surface area contributed by atoms with Crippen LogP contribution in [0.2, 0.25) is 0 Å². The first-order chi connectivity index (χ1) is 17.2. The van der Waals surface area contributed by atoms with E-state index in [1.807, 2.05) is 4.90 Å². The maximum atomic E-state index is 2.42. The molecule has 0 radical (unpaired) electrons. The lowest BCUT2D eigenvalue weighted by molar-refractivity contribution is -0.955. The summed E-state index contributed by atoms with van der Waals surface area (Å²) >= 11 is 0. The van der Waals surface area contributed by atoms with Crippen LogP contribution in [0.4, 0.5) is 0 Å². The second-order valence-corrected chi connectivity index (χ2v) is 12.0. The highest BCUT2D eigenvalue weighted by atomic mass is 35.5. The summed E-state index contributed by atoms with van der Waals surface area (Å²) in [7, 11) is 0. The van der Waals surface area contributed by atoms with E-state index < -0.39 is 0 Å². The molecule has 0 saturated carbocycles. The van der Waals surface area contributed by atoms with E-state index in [0.717, 1.165) is 0 Å². The van der Waals surface area contributed by atoms with Gasteiger partial charge in [-0.15, -0.1) is 0 Å². The number of hydrogen-bond donors (Lipinski definition) is 1. The van der Waals surface area contributed by atoms with E-state index in [-0.39, 0.29) is 12.4 Å². The van der Waals surface area contributed by atoms with E-state index in [9.17, 15) is 0 Å². The first-order valence-electron chi connectivity index (χ1n) is 17.1. The van der Waals surface area contributed by atoms with Gasteiger partial charge in [-0.25, -0.2) is 0 Å². The van der Waals surface area contributed by atoms with Crippen molar-refractivity contribution >= 4 is 0 Å². The van der Waals surface area contributed by atoms with Gasteiger partial charge in [0.05, 0.1) is 18.6 Å². The summed E-state index contributed by atoms with van der Waals surface area (Å²) in [5.41, 5.74) is 0.572. The third kappa shape index (κ3) is 21.2. The Bertz CT molecular complexity index is 373. The number of halogens is 1. The van der Waals surface area contributed by atoms with Crippen molar-refractivity contribution in [2.24, 2.45) is 0 Å². The molecule has 0 aromatic heterocycles. The largest absolute Gasteiger partial charge is 1.00 e. The lowest BCUT2D eigenvalue weighted by atomic mass is 9.80. The van der Waals surface area contributed by atoms with Gasteiger partial charge >= 0.3 is 0 Å². The number of nitrogens with one attached hydrogen (secondary N) is 1. The van der Waals surface area contributed by atoms with E-state index >= 15 is 0 Å². The summed E-state index contributed by atoms with van der Waals surface area (Å²) in [4.78, 5) is 2.04. The Kier molecular flexibility index (Phi) is 31.8. The minimum Gasteiger partial charge on any atom is -1.00 e. The Morgan fingerprint density at radius 3 is 0.972 bits per heavy atom. The summed E-state index contributed by atoms with van der Waals surface area (Å²) in [5.74, 6) is 0. The minimum atomic E-state index is 0. The summed E-state index contributed by atoms with van der Waals surface area (Å²) in [6, 6.07) is 0. The van der Waals surface area contributed by atoms with E-state index in [1.165, 1.54) is 180 Å². The number of unbranched alkanes of at least 4 members (excludes halogenated alkanes) is 18. The van der Waals surface area contributed by atoms with E-state index in [1.54, 1.807) is 0 Å². The van der Waals surface area contributed by atoms with Gasteiger partial charge in [-0.3, -0.25) is 0 Å². The van der Waals surface area contributed by atoms with Crippen LogP contribution >= 0.6 is 0 Å². The van der Waals surface area contributed by atoms with Crippen molar-refractivity contribution in [3.8, 4) is 0 Å². The Hall–Kier alpha value is 0.250. The van der Waals surface area contributed by atoms with Crippen molar-refractivity contribution in [2.45, 2.75) is 207 Å². The highest BCUT2D eigenvalue weighted by Crippen LogP contribution is 2.26. The Balaban J connectivity index is 0. The molecule has 1 N–H and O–H groups in total. The van der Waals surface area contributed by atoms with Gasteiger partial charge in [0.1, 0.15) is 0 Å². The maximum absolute atomic E-state index is 2.42. The Morgan fingerprint density at radius 1 is 0.333 bits per heavy atom. The normalized spacial score (nSPS) is 11.8. The first kappa shape index (κ1) is 38.4. The average Bonchev–Trinajstić information content (AvgIpc) is 2.87. The molecule has 0 saturated heterocycles. The zero-order chi connectivity index (χ0) is 25.9. The molecule has 0 aliphatic rings. The lowest BCUT2D eigenvalue weighted by Crippen LogP contribution is -3.20. The minimum absolute atomic E-state index is 0. The van der Waals surface area contributed by atoms with Crippen molar-refractivity contribution in [2.75, 3.05) is 13.1 Å². The third-order valence-electron chi connectivity index (χ3n) is 8.69. The number of quaternary nitrogens is 1. The van der Waals surface area contributed by atoms with Crippen LogP contribution in [-0.4, -0.2) is 18.6 Å². The summed E-state index contributed by atoms with van der Waals surface area (Å²) < 4.78 is 0. The molecule has 36 heavy (non-hydrogen) atoms. The quantitative estimate of drug-likeness (QED) is 0.0940. The fourth-order valence-corrected chi connectivity index (χ4v) is 6.25. The standard InChI is InChI=1S/C34H71N.ClH/c1-6-11-16-19-22-23-26-31-34(29-14-9-4,30-15-10-5)35(32-27-24-20-17-12-7-2)33-28-25-21-18-13-8-3;/h6-33H2,1-5H3;1H. The van der Waals surface area contributed by atoms with Crippen LogP contribution in [-0.2, 0) is 0 Å². The van der Waals surface area contributed by atoms with Gasteiger partial charge in [-0.2, -0.15) is 0 Å².